The van der Waals surface area contributed by atoms with E-state index < -0.39 is 0 Å². The summed E-state index contributed by atoms with van der Waals surface area (Å²) in [5.74, 6) is 2.34. The number of halogens is 1. The van der Waals surface area contributed by atoms with Crippen molar-refractivity contribution in [1.82, 2.24) is 20.5 Å². The molecule has 1 aliphatic heterocycles. The zero-order valence-corrected chi connectivity index (χ0v) is 20.9. The second-order valence-electron chi connectivity index (χ2n) is 8.33. The molecule has 0 radical (unpaired) electrons. The number of amides is 1. The Labute approximate surface area is 198 Å². The molecule has 2 heterocycles. The van der Waals surface area contributed by atoms with Crippen molar-refractivity contribution in [2.45, 2.75) is 58.0 Å². The highest BCUT2D eigenvalue weighted by Crippen LogP contribution is 2.26. The third-order valence-electron chi connectivity index (χ3n) is 5.79. The molecule has 30 heavy (non-hydrogen) atoms. The summed E-state index contributed by atoms with van der Waals surface area (Å²) in [5, 5.41) is 6.84. The number of likely N-dealkylation sites (tertiary alicyclic amines) is 1. The molecule has 2 aliphatic rings. The average molecular weight is 528 g/mol. The van der Waals surface area contributed by atoms with E-state index in [1.165, 1.54) is 19.3 Å². The molecule has 1 aromatic heterocycles. The number of carbonyl (C=O) groups excluding carboxylic acids is 1. The van der Waals surface area contributed by atoms with E-state index in [1.54, 1.807) is 0 Å². The standard InChI is InChI=1S/C22H36N6O.HI/c1-4-23-22(24-15-18-11-8-12-20(25-18)27(2)3)26-19-13-14-28(16-19)21(29)17-9-6-5-7-10-17;/h8,11-12,17,19H,4-7,9-10,13-16H2,1-3H3,(H2,23,24,26);1H. The van der Waals surface area contributed by atoms with Gasteiger partial charge in [-0.05, 0) is 38.3 Å². The minimum absolute atomic E-state index is 0. The predicted molar refractivity (Wildman–Crippen MR) is 133 cm³/mol. The molecule has 1 saturated heterocycles. The largest absolute Gasteiger partial charge is 0.363 e. The molecule has 1 atom stereocenters. The molecule has 0 bridgehead atoms. The van der Waals surface area contributed by atoms with Gasteiger partial charge in [0, 0.05) is 45.7 Å². The summed E-state index contributed by atoms with van der Waals surface area (Å²) in [4.78, 5) is 26.2. The van der Waals surface area contributed by atoms with Crippen LogP contribution in [0.15, 0.2) is 23.2 Å². The van der Waals surface area contributed by atoms with E-state index in [4.69, 9.17) is 4.99 Å². The minimum Gasteiger partial charge on any atom is -0.363 e. The number of anilines is 1. The lowest BCUT2D eigenvalue weighted by Gasteiger charge is -2.26. The fourth-order valence-electron chi connectivity index (χ4n) is 4.16. The third-order valence-corrected chi connectivity index (χ3v) is 5.79. The molecule has 7 nitrogen and oxygen atoms in total. The van der Waals surface area contributed by atoms with Crippen LogP contribution in [0.4, 0.5) is 5.82 Å². The highest BCUT2D eigenvalue weighted by Gasteiger charge is 2.31. The summed E-state index contributed by atoms with van der Waals surface area (Å²) in [6.07, 6.45) is 6.78. The van der Waals surface area contributed by atoms with Crippen molar-refractivity contribution in [3.63, 3.8) is 0 Å². The van der Waals surface area contributed by atoms with E-state index in [0.717, 1.165) is 56.4 Å². The van der Waals surface area contributed by atoms with Gasteiger partial charge >= 0.3 is 0 Å². The van der Waals surface area contributed by atoms with Gasteiger partial charge in [-0.25, -0.2) is 9.98 Å². The van der Waals surface area contributed by atoms with Crippen LogP contribution < -0.4 is 15.5 Å². The molecule has 8 heteroatoms. The normalized spacial score (nSPS) is 19.9. The lowest BCUT2D eigenvalue weighted by atomic mass is 9.88. The number of rotatable bonds is 6. The summed E-state index contributed by atoms with van der Waals surface area (Å²) in [7, 11) is 3.98. The van der Waals surface area contributed by atoms with Crippen molar-refractivity contribution in [3.8, 4) is 0 Å². The third kappa shape index (κ3) is 6.99. The van der Waals surface area contributed by atoms with Crippen LogP contribution in [-0.2, 0) is 11.3 Å². The fourth-order valence-corrected chi connectivity index (χ4v) is 4.16. The van der Waals surface area contributed by atoms with Crippen molar-refractivity contribution in [2.75, 3.05) is 38.6 Å². The van der Waals surface area contributed by atoms with E-state index in [1.807, 2.05) is 37.2 Å². The Hall–Kier alpha value is -1.58. The molecule has 0 spiro atoms. The smallest absolute Gasteiger partial charge is 0.225 e. The van der Waals surface area contributed by atoms with E-state index in [0.29, 0.717) is 12.5 Å². The van der Waals surface area contributed by atoms with Crippen LogP contribution in [0.1, 0.15) is 51.1 Å². The first-order chi connectivity index (χ1) is 14.1. The molecule has 2 fully saturated rings. The topological polar surface area (TPSA) is 72.9 Å². The van der Waals surface area contributed by atoms with Gasteiger partial charge in [-0.1, -0.05) is 25.3 Å². The lowest BCUT2D eigenvalue weighted by Crippen LogP contribution is -2.45. The molecule has 1 saturated carbocycles. The Balaban J connectivity index is 0.00000320. The number of carbonyl (C=O) groups is 1. The van der Waals surface area contributed by atoms with Gasteiger partial charge in [0.2, 0.25) is 5.91 Å². The first-order valence-corrected chi connectivity index (χ1v) is 11.0. The van der Waals surface area contributed by atoms with Crippen LogP contribution >= 0.6 is 24.0 Å². The van der Waals surface area contributed by atoms with E-state index in [9.17, 15) is 4.79 Å². The van der Waals surface area contributed by atoms with Crippen molar-refractivity contribution in [2.24, 2.45) is 10.9 Å². The Morgan fingerprint density at radius 1 is 1.23 bits per heavy atom. The molecular weight excluding hydrogens is 491 g/mol. The van der Waals surface area contributed by atoms with Gasteiger partial charge in [-0.2, -0.15) is 0 Å². The van der Waals surface area contributed by atoms with Crippen molar-refractivity contribution in [3.05, 3.63) is 23.9 Å². The van der Waals surface area contributed by atoms with Gasteiger partial charge in [-0.15, -0.1) is 24.0 Å². The summed E-state index contributed by atoms with van der Waals surface area (Å²) in [6.45, 7) is 5.01. The average Bonchev–Trinajstić information content (AvgIpc) is 3.21. The van der Waals surface area contributed by atoms with E-state index in [-0.39, 0.29) is 35.9 Å². The Morgan fingerprint density at radius 2 is 2.00 bits per heavy atom. The summed E-state index contributed by atoms with van der Waals surface area (Å²) in [5.41, 5.74) is 0.939. The number of aromatic nitrogens is 1. The van der Waals surface area contributed by atoms with Gasteiger partial charge in [0.05, 0.1) is 12.2 Å². The van der Waals surface area contributed by atoms with Gasteiger partial charge < -0.3 is 20.4 Å². The molecule has 1 unspecified atom stereocenters. The summed E-state index contributed by atoms with van der Waals surface area (Å²) in [6, 6.07) is 6.26. The molecule has 0 aromatic carbocycles. The Morgan fingerprint density at radius 3 is 2.70 bits per heavy atom. The maximum absolute atomic E-state index is 12.8. The highest BCUT2D eigenvalue weighted by atomic mass is 127. The van der Waals surface area contributed by atoms with Crippen LogP contribution in [0.25, 0.3) is 0 Å². The number of hydrogen-bond donors (Lipinski definition) is 2. The maximum atomic E-state index is 12.8. The summed E-state index contributed by atoms with van der Waals surface area (Å²) < 4.78 is 0. The van der Waals surface area contributed by atoms with E-state index >= 15 is 0 Å². The Bertz CT molecular complexity index is 705. The molecule has 1 aromatic rings. The second kappa shape index (κ2) is 12.3. The number of nitrogens with one attached hydrogen (secondary N) is 2. The minimum atomic E-state index is 0. The zero-order chi connectivity index (χ0) is 20.6. The Kier molecular flexibility index (Phi) is 10.1. The van der Waals surface area contributed by atoms with Crippen LogP contribution in [0, 0.1) is 5.92 Å². The number of aliphatic imine (C=N–C) groups is 1. The SMILES string of the molecule is CCNC(=NCc1cccc(N(C)C)n1)NC1CCN(C(=O)C2CCCCC2)C1.I. The van der Waals surface area contributed by atoms with Crippen LogP contribution in [0.5, 0.6) is 0 Å². The number of guanidine groups is 1. The quantitative estimate of drug-likeness (QED) is 0.338. The fraction of sp³-hybridized carbons (Fsp3) is 0.682. The van der Waals surface area contributed by atoms with Crippen LogP contribution in [0.3, 0.4) is 0 Å². The molecule has 2 N–H and O–H groups in total. The van der Waals surface area contributed by atoms with Crippen molar-refractivity contribution in [1.29, 1.82) is 0 Å². The number of pyridine rings is 1. The van der Waals surface area contributed by atoms with Gasteiger partial charge in [0.25, 0.3) is 0 Å². The van der Waals surface area contributed by atoms with Gasteiger partial charge in [0.15, 0.2) is 5.96 Å². The first-order valence-electron chi connectivity index (χ1n) is 11.0. The maximum Gasteiger partial charge on any atom is 0.225 e. The number of nitrogens with zero attached hydrogens (tertiary/aromatic N) is 4. The number of hydrogen-bond acceptors (Lipinski definition) is 4. The van der Waals surface area contributed by atoms with Gasteiger partial charge in [0.1, 0.15) is 5.82 Å². The van der Waals surface area contributed by atoms with E-state index in [2.05, 4.69) is 27.4 Å². The van der Waals surface area contributed by atoms with Crippen molar-refractivity contribution >= 4 is 41.7 Å². The monoisotopic (exact) mass is 528 g/mol. The summed E-state index contributed by atoms with van der Waals surface area (Å²) >= 11 is 0. The molecule has 1 amide bonds. The first kappa shape index (κ1) is 24.7. The van der Waals surface area contributed by atoms with Crippen LogP contribution in [0.2, 0.25) is 0 Å². The molecule has 1 aliphatic carbocycles. The molecule has 168 valence electrons. The van der Waals surface area contributed by atoms with Gasteiger partial charge in [-0.3, -0.25) is 4.79 Å². The predicted octanol–water partition coefficient (Wildman–Crippen LogP) is 3.00. The van der Waals surface area contributed by atoms with Crippen molar-refractivity contribution < 1.29 is 4.79 Å². The second-order valence-corrected chi connectivity index (χ2v) is 8.33. The molecule has 3 rings (SSSR count). The zero-order valence-electron chi connectivity index (χ0n) is 18.6. The van der Waals surface area contributed by atoms with Crippen LogP contribution in [-0.4, -0.2) is 61.5 Å². The lowest BCUT2D eigenvalue weighted by molar-refractivity contribution is -0.135. The highest BCUT2D eigenvalue weighted by molar-refractivity contribution is 14.0. The molecular formula is C22H37IN6O.